The maximum atomic E-state index is 11.1. The maximum Gasteiger partial charge on any atom is 0.335 e. The van der Waals surface area contributed by atoms with Gasteiger partial charge in [-0.15, -0.1) is 0 Å². The van der Waals surface area contributed by atoms with Crippen LogP contribution in [-0.4, -0.2) is 35.2 Å². The van der Waals surface area contributed by atoms with Crippen molar-refractivity contribution in [2.24, 2.45) is 5.73 Å². The molecule has 1 aliphatic rings. The second-order valence-electron chi connectivity index (χ2n) is 5.09. The zero-order valence-corrected chi connectivity index (χ0v) is 10.8. The Bertz CT molecular complexity index is 460. The van der Waals surface area contributed by atoms with Crippen LogP contribution in [0, 0.1) is 0 Å². The van der Waals surface area contributed by atoms with Gasteiger partial charge in [0, 0.05) is 24.8 Å². The molecule has 0 radical (unpaired) electrons. The molecule has 1 aromatic heterocycles. The minimum Gasteiger partial charge on any atom is -0.478 e. The first-order valence-electron chi connectivity index (χ1n) is 6.23. The van der Waals surface area contributed by atoms with Gasteiger partial charge in [0.1, 0.15) is 5.82 Å². The van der Waals surface area contributed by atoms with Crippen molar-refractivity contribution < 1.29 is 9.90 Å². The third-order valence-electron chi connectivity index (χ3n) is 3.22. The summed E-state index contributed by atoms with van der Waals surface area (Å²) in [6, 6.07) is 3.43. The van der Waals surface area contributed by atoms with E-state index < -0.39 is 5.97 Å². The fourth-order valence-electron chi connectivity index (χ4n) is 2.11. The summed E-state index contributed by atoms with van der Waals surface area (Å²) in [6.45, 7) is 5.60. The van der Waals surface area contributed by atoms with Gasteiger partial charge in [0.2, 0.25) is 0 Å². The number of pyridine rings is 1. The number of carboxylic acid groups (broad SMARTS) is 1. The number of aromatic carboxylic acids is 1. The first kappa shape index (κ1) is 12.8. The monoisotopic (exact) mass is 249 g/mol. The van der Waals surface area contributed by atoms with Crippen LogP contribution in [-0.2, 0) is 0 Å². The number of aromatic nitrogens is 1. The van der Waals surface area contributed by atoms with Crippen LogP contribution in [0.2, 0.25) is 0 Å². The molecule has 1 aromatic rings. The molecule has 1 aliphatic heterocycles. The molecule has 98 valence electrons. The Morgan fingerprint density at radius 1 is 1.56 bits per heavy atom. The Balaban J connectivity index is 2.37. The average Bonchev–Trinajstić information content (AvgIpc) is 2.75. The van der Waals surface area contributed by atoms with Crippen molar-refractivity contribution >= 4 is 11.8 Å². The summed E-state index contributed by atoms with van der Waals surface area (Å²) in [5, 5.41) is 9.14. The molecule has 2 rings (SSSR count). The van der Waals surface area contributed by atoms with E-state index in [1.54, 1.807) is 12.1 Å². The highest BCUT2D eigenvalue weighted by Gasteiger charge is 2.22. The lowest BCUT2D eigenvalue weighted by atomic mass is 10.1. The molecule has 2 heterocycles. The minimum atomic E-state index is -0.913. The lowest BCUT2D eigenvalue weighted by Gasteiger charge is -2.19. The van der Waals surface area contributed by atoms with Crippen molar-refractivity contribution in [3.63, 3.8) is 0 Å². The Hall–Kier alpha value is -1.62. The second-order valence-corrected chi connectivity index (χ2v) is 5.09. The fraction of sp³-hybridized carbons (Fsp3) is 0.538. The number of carboxylic acids is 1. The summed E-state index contributed by atoms with van der Waals surface area (Å²) in [7, 11) is 0. The molecule has 0 spiro atoms. The van der Waals surface area contributed by atoms with Crippen molar-refractivity contribution in [1.82, 2.24) is 4.98 Å². The third-order valence-corrected chi connectivity index (χ3v) is 3.22. The van der Waals surface area contributed by atoms with E-state index in [0.29, 0.717) is 5.56 Å². The predicted octanol–water partition coefficient (Wildman–Crippen LogP) is 1.44. The standard InChI is InChI=1S/C13H19N3O2/c1-8(2)11-5-9(13(17)18)6-12(15-11)16-4-3-10(14)7-16/h5-6,8,10H,3-4,7,14H2,1-2H3,(H,17,18). The van der Waals surface area contributed by atoms with Gasteiger partial charge >= 0.3 is 5.97 Å². The highest BCUT2D eigenvalue weighted by molar-refractivity contribution is 5.88. The van der Waals surface area contributed by atoms with Crippen LogP contribution in [0.5, 0.6) is 0 Å². The van der Waals surface area contributed by atoms with E-state index in [9.17, 15) is 4.79 Å². The summed E-state index contributed by atoms with van der Waals surface area (Å²) >= 11 is 0. The number of rotatable bonds is 3. The van der Waals surface area contributed by atoms with Gasteiger partial charge in [0.15, 0.2) is 0 Å². The minimum absolute atomic E-state index is 0.155. The molecule has 0 bridgehead atoms. The summed E-state index contributed by atoms with van der Waals surface area (Å²) in [5.41, 5.74) is 6.98. The maximum absolute atomic E-state index is 11.1. The fourth-order valence-corrected chi connectivity index (χ4v) is 2.11. The summed E-state index contributed by atoms with van der Waals surface area (Å²) < 4.78 is 0. The van der Waals surface area contributed by atoms with E-state index in [2.05, 4.69) is 9.88 Å². The van der Waals surface area contributed by atoms with Gasteiger partial charge in [-0.2, -0.15) is 0 Å². The van der Waals surface area contributed by atoms with Crippen molar-refractivity contribution in [1.29, 1.82) is 0 Å². The molecule has 1 fully saturated rings. The van der Waals surface area contributed by atoms with Crippen LogP contribution < -0.4 is 10.6 Å². The lowest BCUT2D eigenvalue weighted by molar-refractivity contribution is 0.0696. The summed E-state index contributed by atoms with van der Waals surface area (Å²) in [6.07, 6.45) is 0.927. The van der Waals surface area contributed by atoms with Crippen molar-refractivity contribution in [3.8, 4) is 0 Å². The number of anilines is 1. The van der Waals surface area contributed by atoms with Gasteiger partial charge in [-0.25, -0.2) is 9.78 Å². The van der Waals surface area contributed by atoms with Crippen LogP contribution in [0.15, 0.2) is 12.1 Å². The van der Waals surface area contributed by atoms with Gasteiger partial charge < -0.3 is 15.7 Å². The predicted molar refractivity (Wildman–Crippen MR) is 70.1 cm³/mol. The Kier molecular flexibility index (Phi) is 3.52. The highest BCUT2D eigenvalue weighted by atomic mass is 16.4. The zero-order valence-electron chi connectivity index (χ0n) is 10.8. The van der Waals surface area contributed by atoms with Gasteiger partial charge in [0.25, 0.3) is 0 Å². The molecular weight excluding hydrogens is 230 g/mol. The van der Waals surface area contributed by atoms with E-state index >= 15 is 0 Å². The van der Waals surface area contributed by atoms with Crippen LogP contribution in [0.3, 0.4) is 0 Å². The topological polar surface area (TPSA) is 79.5 Å². The van der Waals surface area contributed by atoms with Gasteiger partial charge in [-0.3, -0.25) is 0 Å². The summed E-state index contributed by atoms with van der Waals surface area (Å²) in [5.74, 6) is 0.0231. The van der Waals surface area contributed by atoms with E-state index in [4.69, 9.17) is 10.8 Å². The molecular formula is C13H19N3O2. The number of nitrogens with two attached hydrogens (primary N) is 1. The Morgan fingerprint density at radius 3 is 2.78 bits per heavy atom. The van der Waals surface area contributed by atoms with E-state index in [-0.39, 0.29) is 12.0 Å². The normalized spacial score (nSPS) is 19.6. The molecule has 1 atom stereocenters. The molecule has 0 aliphatic carbocycles. The molecule has 3 N–H and O–H groups in total. The molecule has 1 saturated heterocycles. The van der Waals surface area contributed by atoms with Crippen molar-refractivity contribution in [2.75, 3.05) is 18.0 Å². The molecule has 18 heavy (non-hydrogen) atoms. The Morgan fingerprint density at radius 2 is 2.28 bits per heavy atom. The van der Waals surface area contributed by atoms with E-state index in [0.717, 1.165) is 31.0 Å². The van der Waals surface area contributed by atoms with Crippen molar-refractivity contribution in [2.45, 2.75) is 32.2 Å². The van der Waals surface area contributed by atoms with Crippen LogP contribution in [0.25, 0.3) is 0 Å². The third kappa shape index (κ3) is 2.61. The first-order valence-corrected chi connectivity index (χ1v) is 6.23. The van der Waals surface area contributed by atoms with E-state index in [1.807, 2.05) is 13.8 Å². The van der Waals surface area contributed by atoms with Gasteiger partial charge in [-0.05, 0) is 24.5 Å². The Labute approximate surface area is 107 Å². The molecule has 5 heteroatoms. The summed E-state index contributed by atoms with van der Waals surface area (Å²) in [4.78, 5) is 17.7. The SMILES string of the molecule is CC(C)c1cc(C(=O)O)cc(N2CCC(N)C2)n1. The molecule has 0 amide bonds. The molecule has 0 aromatic carbocycles. The molecule has 5 nitrogen and oxygen atoms in total. The highest BCUT2D eigenvalue weighted by Crippen LogP contribution is 2.23. The van der Waals surface area contributed by atoms with Crippen molar-refractivity contribution in [3.05, 3.63) is 23.4 Å². The average molecular weight is 249 g/mol. The van der Waals surface area contributed by atoms with Crippen LogP contribution >= 0.6 is 0 Å². The van der Waals surface area contributed by atoms with Crippen LogP contribution in [0.4, 0.5) is 5.82 Å². The number of hydrogen-bond acceptors (Lipinski definition) is 4. The van der Waals surface area contributed by atoms with Crippen LogP contribution in [0.1, 0.15) is 42.2 Å². The van der Waals surface area contributed by atoms with Gasteiger partial charge in [0.05, 0.1) is 5.56 Å². The smallest absolute Gasteiger partial charge is 0.335 e. The first-order chi connectivity index (χ1) is 8.47. The molecule has 1 unspecified atom stereocenters. The quantitative estimate of drug-likeness (QED) is 0.847. The number of carbonyl (C=O) groups is 1. The number of nitrogens with zero attached hydrogens (tertiary/aromatic N) is 2. The zero-order chi connectivity index (χ0) is 13.3. The second kappa shape index (κ2) is 4.94. The van der Waals surface area contributed by atoms with Gasteiger partial charge in [-0.1, -0.05) is 13.8 Å². The largest absolute Gasteiger partial charge is 0.478 e. The van der Waals surface area contributed by atoms with E-state index in [1.165, 1.54) is 0 Å². The molecule has 0 saturated carbocycles. The lowest BCUT2D eigenvalue weighted by Crippen LogP contribution is -2.27. The number of hydrogen-bond donors (Lipinski definition) is 2.